The normalized spacial score (nSPS) is 15.8. The molecule has 0 bridgehead atoms. The van der Waals surface area contributed by atoms with Crippen LogP contribution in [0, 0.1) is 0 Å². The lowest BCUT2D eigenvalue weighted by molar-refractivity contribution is -0.134. The Morgan fingerprint density at radius 1 is 1.28 bits per heavy atom. The lowest BCUT2D eigenvalue weighted by Gasteiger charge is -2.26. The minimum absolute atomic E-state index is 0.127. The fourth-order valence-corrected chi connectivity index (χ4v) is 2.32. The van der Waals surface area contributed by atoms with Crippen LogP contribution in [0.4, 0.5) is 0 Å². The molecule has 1 aromatic carbocycles. The van der Waals surface area contributed by atoms with Gasteiger partial charge in [0.25, 0.3) is 0 Å². The summed E-state index contributed by atoms with van der Waals surface area (Å²) in [5.74, 6) is 0.386. The summed E-state index contributed by atoms with van der Waals surface area (Å²) in [6, 6.07) is 7.57. The standard InChI is InChI=1S/C14H16ClNO2/c15-12-3-1-2-11(10-12)4-5-14(18)16-8-6-13(17)7-9-16/h1-3,10H,4-9H2. The van der Waals surface area contributed by atoms with Crippen LogP contribution in [-0.4, -0.2) is 29.7 Å². The van der Waals surface area contributed by atoms with Crippen LogP contribution in [0.25, 0.3) is 0 Å². The second-order valence-electron chi connectivity index (χ2n) is 4.55. The molecule has 0 radical (unpaired) electrons. The van der Waals surface area contributed by atoms with Gasteiger partial charge in [-0.3, -0.25) is 9.59 Å². The summed E-state index contributed by atoms with van der Waals surface area (Å²) in [5, 5.41) is 0.698. The van der Waals surface area contributed by atoms with Gasteiger partial charge in [0.05, 0.1) is 0 Å². The molecule has 4 heteroatoms. The number of likely N-dealkylation sites (tertiary alicyclic amines) is 1. The number of piperidine rings is 1. The van der Waals surface area contributed by atoms with Crippen molar-refractivity contribution >= 4 is 23.3 Å². The molecule has 1 saturated heterocycles. The van der Waals surface area contributed by atoms with E-state index in [2.05, 4.69) is 0 Å². The van der Waals surface area contributed by atoms with Crippen molar-refractivity contribution in [3.8, 4) is 0 Å². The average Bonchev–Trinajstić information content (AvgIpc) is 2.37. The number of halogens is 1. The van der Waals surface area contributed by atoms with Crippen molar-refractivity contribution in [2.75, 3.05) is 13.1 Å². The molecule has 96 valence electrons. The Morgan fingerprint density at radius 3 is 2.67 bits per heavy atom. The largest absolute Gasteiger partial charge is 0.342 e. The number of nitrogens with zero attached hydrogens (tertiary/aromatic N) is 1. The molecule has 0 saturated carbocycles. The van der Waals surface area contributed by atoms with Crippen LogP contribution in [0.3, 0.4) is 0 Å². The van der Waals surface area contributed by atoms with Crippen molar-refractivity contribution in [2.45, 2.75) is 25.7 Å². The molecule has 2 rings (SSSR count). The van der Waals surface area contributed by atoms with Gasteiger partial charge < -0.3 is 4.90 Å². The van der Waals surface area contributed by atoms with Gasteiger partial charge in [0.1, 0.15) is 5.78 Å². The highest BCUT2D eigenvalue weighted by atomic mass is 35.5. The van der Waals surface area contributed by atoms with Crippen LogP contribution in [0.1, 0.15) is 24.8 Å². The van der Waals surface area contributed by atoms with Gasteiger partial charge in [0.15, 0.2) is 0 Å². The van der Waals surface area contributed by atoms with Crippen molar-refractivity contribution < 1.29 is 9.59 Å². The Balaban J connectivity index is 1.83. The van der Waals surface area contributed by atoms with Crippen LogP contribution in [-0.2, 0) is 16.0 Å². The van der Waals surface area contributed by atoms with Gasteiger partial charge in [-0.05, 0) is 24.1 Å². The number of carbonyl (C=O) groups excluding carboxylic acids is 2. The van der Waals surface area contributed by atoms with Crippen LogP contribution in [0.5, 0.6) is 0 Å². The molecule has 0 spiro atoms. The van der Waals surface area contributed by atoms with Gasteiger partial charge in [-0.25, -0.2) is 0 Å². The number of benzene rings is 1. The summed E-state index contributed by atoms with van der Waals surface area (Å²) in [7, 11) is 0. The Hall–Kier alpha value is -1.35. The number of aryl methyl sites for hydroxylation is 1. The van der Waals surface area contributed by atoms with E-state index in [1.54, 1.807) is 4.90 Å². The Morgan fingerprint density at radius 2 is 2.00 bits per heavy atom. The van der Waals surface area contributed by atoms with Gasteiger partial charge in [-0.15, -0.1) is 0 Å². The Bertz CT molecular complexity index is 449. The van der Waals surface area contributed by atoms with Crippen molar-refractivity contribution in [2.24, 2.45) is 0 Å². The van der Waals surface area contributed by atoms with Crippen LogP contribution in [0.2, 0.25) is 5.02 Å². The lowest BCUT2D eigenvalue weighted by Crippen LogP contribution is -2.38. The maximum atomic E-state index is 11.9. The van der Waals surface area contributed by atoms with Crippen LogP contribution in [0.15, 0.2) is 24.3 Å². The van der Waals surface area contributed by atoms with Gasteiger partial charge in [-0.1, -0.05) is 23.7 Å². The lowest BCUT2D eigenvalue weighted by atomic mass is 10.1. The molecule has 3 nitrogen and oxygen atoms in total. The third-order valence-electron chi connectivity index (χ3n) is 3.19. The number of ketones is 1. The summed E-state index contributed by atoms with van der Waals surface area (Å²) in [6.07, 6.45) is 2.18. The summed E-state index contributed by atoms with van der Waals surface area (Å²) < 4.78 is 0. The molecule has 0 atom stereocenters. The molecular weight excluding hydrogens is 250 g/mol. The first-order chi connectivity index (χ1) is 8.65. The number of rotatable bonds is 3. The molecule has 0 N–H and O–H groups in total. The topological polar surface area (TPSA) is 37.4 Å². The van der Waals surface area contributed by atoms with Crippen molar-refractivity contribution in [1.29, 1.82) is 0 Å². The van der Waals surface area contributed by atoms with Gasteiger partial charge in [-0.2, -0.15) is 0 Å². The highest BCUT2D eigenvalue weighted by Crippen LogP contribution is 2.14. The van der Waals surface area contributed by atoms with E-state index < -0.39 is 0 Å². The van der Waals surface area contributed by atoms with E-state index in [1.807, 2.05) is 24.3 Å². The molecular formula is C14H16ClNO2. The number of Topliss-reactive ketones (excluding diaryl/α,β-unsaturated/α-hetero) is 1. The van der Waals surface area contributed by atoms with Crippen LogP contribution >= 0.6 is 11.6 Å². The number of hydrogen-bond donors (Lipinski definition) is 0. The quantitative estimate of drug-likeness (QED) is 0.842. The zero-order chi connectivity index (χ0) is 13.0. The van der Waals surface area contributed by atoms with Crippen molar-refractivity contribution in [3.63, 3.8) is 0 Å². The molecule has 18 heavy (non-hydrogen) atoms. The maximum Gasteiger partial charge on any atom is 0.222 e. The van der Waals surface area contributed by atoms with Gasteiger partial charge in [0, 0.05) is 37.4 Å². The minimum atomic E-state index is 0.127. The van der Waals surface area contributed by atoms with E-state index >= 15 is 0 Å². The molecule has 1 amide bonds. The van der Waals surface area contributed by atoms with E-state index in [4.69, 9.17) is 11.6 Å². The number of hydrogen-bond acceptors (Lipinski definition) is 2. The highest BCUT2D eigenvalue weighted by Gasteiger charge is 2.20. The van der Waals surface area contributed by atoms with E-state index in [1.165, 1.54) is 0 Å². The summed E-state index contributed by atoms with van der Waals surface area (Å²) in [5.41, 5.74) is 1.07. The maximum absolute atomic E-state index is 11.9. The van der Waals surface area contributed by atoms with E-state index in [-0.39, 0.29) is 11.7 Å². The first-order valence-electron chi connectivity index (χ1n) is 6.19. The summed E-state index contributed by atoms with van der Waals surface area (Å²) >= 11 is 5.89. The second-order valence-corrected chi connectivity index (χ2v) is 4.99. The molecule has 0 aromatic heterocycles. The SMILES string of the molecule is O=C1CCN(C(=O)CCc2cccc(Cl)c2)CC1. The summed E-state index contributed by atoms with van der Waals surface area (Å²) in [6.45, 7) is 1.15. The molecule has 0 unspecified atom stereocenters. The summed E-state index contributed by atoms with van der Waals surface area (Å²) in [4.78, 5) is 24.8. The molecule has 1 aliphatic heterocycles. The first kappa shape index (κ1) is 13.1. The van der Waals surface area contributed by atoms with Crippen LogP contribution < -0.4 is 0 Å². The number of amides is 1. The number of carbonyl (C=O) groups is 2. The van der Waals surface area contributed by atoms with E-state index in [9.17, 15) is 9.59 Å². The van der Waals surface area contributed by atoms with Crippen molar-refractivity contribution in [1.82, 2.24) is 4.90 Å². The van der Waals surface area contributed by atoms with E-state index in [0.29, 0.717) is 43.8 Å². The van der Waals surface area contributed by atoms with Gasteiger partial charge >= 0.3 is 0 Å². The predicted octanol–water partition coefficient (Wildman–Crippen LogP) is 2.46. The second kappa shape index (κ2) is 6.01. The first-order valence-corrected chi connectivity index (χ1v) is 6.57. The fraction of sp³-hybridized carbons (Fsp3) is 0.429. The Labute approximate surface area is 112 Å². The average molecular weight is 266 g/mol. The minimum Gasteiger partial charge on any atom is -0.342 e. The Kier molecular flexibility index (Phi) is 4.37. The predicted molar refractivity (Wildman–Crippen MR) is 70.6 cm³/mol. The monoisotopic (exact) mass is 265 g/mol. The molecule has 1 aromatic rings. The smallest absolute Gasteiger partial charge is 0.222 e. The molecule has 1 fully saturated rings. The van der Waals surface area contributed by atoms with Crippen molar-refractivity contribution in [3.05, 3.63) is 34.9 Å². The molecule has 1 heterocycles. The molecule has 1 aliphatic rings. The van der Waals surface area contributed by atoms with E-state index in [0.717, 1.165) is 5.56 Å². The zero-order valence-electron chi connectivity index (χ0n) is 10.2. The van der Waals surface area contributed by atoms with Gasteiger partial charge in [0.2, 0.25) is 5.91 Å². The zero-order valence-corrected chi connectivity index (χ0v) is 10.9. The molecule has 0 aliphatic carbocycles. The highest BCUT2D eigenvalue weighted by molar-refractivity contribution is 6.30. The third-order valence-corrected chi connectivity index (χ3v) is 3.43. The third kappa shape index (κ3) is 3.57. The fourth-order valence-electron chi connectivity index (χ4n) is 2.11.